The molecular weight excluding hydrogens is 1990 g/mol. The molecule has 12 heterocycles. The van der Waals surface area contributed by atoms with E-state index in [1.54, 1.807) is 85.0 Å². The number of nitrogens with two attached hydrogens (primary N) is 1. The fourth-order valence-corrected chi connectivity index (χ4v) is 21.2. The first-order valence-corrected chi connectivity index (χ1v) is 55.4. The van der Waals surface area contributed by atoms with Crippen molar-refractivity contribution in [2.24, 2.45) is 0 Å². The van der Waals surface area contributed by atoms with Gasteiger partial charge in [-0.15, -0.1) is 0 Å². The highest BCUT2D eigenvalue weighted by atomic mass is 31.3. The van der Waals surface area contributed by atoms with Crippen molar-refractivity contribution in [2.75, 3.05) is 34.9 Å². The Labute approximate surface area is 822 Å². The number of nitrogen functional groups attached to an aromatic ring is 1. The van der Waals surface area contributed by atoms with Gasteiger partial charge in [-0.1, -0.05) is 91.8 Å². The Hall–Kier alpha value is -12.0. The number of aliphatic hydroxyl groups is 3. The summed E-state index contributed by atoms with van der Waals surface area (Å²) in [5.41, 5.74) is 8.09. The minimum atomic E-state index is -5.73. The number of amides is 3. The summed E-state index contributed by atoms with van der Waals surface area (Å²) < 4.78 is 108. The summed E-state index contributed by atoms with van der Waals surface area (Å²) in [4.78, 5) is 166. The Balaban J connectivity index is 0.000000173. The monoisotopic (exact) mass is 2110 g/mol. The van der Waals surface area contributed by atoms with E-state index >= 15 is 0 Å². The summed E-state index contributed by atoms with van der Waals surface area (Å²) in [6.07, 6.45) is -0.480. The molecule has 5 unspecified atom stereocenters. The molecular formula is C84H114N23O32P3Si2. The predicted molar refractivity (Wildman–Crippen MR) is 516 cm³/mol. The van der Waals surface area contributed by atoms with Crippen LogP contribution in [0.4, 0.5) is 40.9 Å². The van der Waals surface area contributed by atoms with Crippen molar-refractivity contribution in [3.63, 3.8) is 0 Å². The van der Waals surface area contributed by atoms with Gasteiger partial charge in [0.25, 0.3) is 22.6 Å². The van der Waals surface area contributed by atoms with E-state index in [-0.39, 0.29) is 164 Å². The van der Waals surface area contributed by atoms with Gasteiger partial charge in [-0.3, -0.25) is 93.2 Å². The number of aliphatic hydroxyl groups excluding tert-OH is 3. The van der Waals surface area contributed by atoms with Crippen LogP contribution in [0.2, 0.25) is 36.3 Å². The van der Waals surface area contributed by atoms with Gasteiger partial charge in [0.15, 0.2) is 61.3 Å². The topological polar surface area (TPSA) is 741 Å². The van der Waals surface area contributed by atoms with Gasteiger partial charge in [0.1, 0.15) is 55.4 Å². The van der Waals surface area contributed by atoms with Crippen LogP contribution >= 0.6 is 23.5 Å². The molecule has 4 aliphatic rings. The zero-order chi connectivity index (χ0) is 106. The first kappa shape index (κ1) is 111. The van der Waals surface area contributed by atoms with Crippen LogP contribution in [0.15, 0.2) is 103 Å². The number of hydrogen-bond donors (Lipinski definition) is 12. The number of nitrogens with one attached hydrogen (secondary N) is 4. The molecule has 144 heavy (non-hydrogen) atoms. The number of fused-ring (bicyclic) bond motifs is 4. The van der Waals surface area contributed by atoms with Gasteiger partial charge in [0, 0.05) is 64.7 Å². The lowest BCUT2D eigenvalue weighted by molar-refractivity contribution is -0.386. The van der Waals surface area contributed by atoms with Crippen molar-refractivity contribution >= 4 is 143 Å². The van der Waals surface area contributed by atoms with Crippen molar-refractivity contribution in [3.8, 4) is 17.6 Å². The van der Waals surface area contributed by atoms with Crippen molar-refractivity contribution in [1.29, 1.82) is 0 Å². The van der Waals surface area contributed by atoms with E-state index < -0.39 is 134 Å². The van der Waals surface area contributed by atoms with E-state index in [1.807, 2.05) is 4.57 Å². The molecule has 15 rings (SSSR count). The maximum Gasteiger partial charge on any atom is 0.490 e. The van der Waals surface area contributed by atoms with E-state index in [0.717, 1.165) is 12.8 Å². The van der Waals surface area contributed by atoms with Crippen LogP contribution in [0.1, 0.15) is 195 Å². The number of H-pyrrole nitrogens is 1. The van der Waals surface area contributed by atoms with Gasteiger partial charge in [-0.05, 0) is 88.1 Å². The third-order valence-electron chi connectivity index (χ3n) is 24.4. The third kappa shape index (κ3) is 26.6. The van der Waals surface area contributed by atoms with Crippen LogP contribution < -0.4 is 41.5 Å². The SMILES string of the molecule is CC(=O)Nc1nc(OC(C)c2ccccc2[N+](=O)[O-])c2ncn([C@H]3C[C@@H](O)[C@@H](CO)O3)c2n1.CC(Oc1nc(N)nc2c1ncn2[C@H]1C[C@@H](O)[C@@H](COP(=O)(O)OP(=O)(O)OP(=O)(O)O)O1)c1ccccc1[N+](=O)[O-].CC[C@H]1O[C@@H](n2cnc3c(=O)[nH]c(NC(C)=O)nc32)C[C@H]1O[Si](C)(C)C(C)(C)C.CC[C@H]1O[C@@H](n2cnc3c(OC(C)c4ccccc4[N+](=O)[O-])nc(NC(C)=O)nc32)C[C@H]1O[Si](C)(C)C(C)(C)C. The quantitative estimate of drug-likeness (QED) is 0.00786. The lowest BCUT2D eigenvalue weighted by Crippen LogP contribution is -2.45. The molecule has 780 valence electrons. The number of ether oxygens (including phenoxy) is 7. The number of phosphoric acid groups is 3. The smallest absolute Gasteiger partial charge is 0.468 e. The summed E-state index contributed by atoms with van der Waals surface area (Å²) in [6, 6.07) is 18.5. The number of carbonyl (C=O) groups excluding carboxylic acids is 3. The van der Waals surface area contributed by atoms with E-state index in [2.05, 4.69) is 170 Å². The van der Waals surface area contributed by atoms with E-state index in [0.29, 0.717) is 40.8 Å². The summed E-state index contributed by atoms with van der Waals surface area (Å²) in [5.74, 6) is -1.27. The van der Waals surface area contributed by atoms with Crippen LogP contribution in [0.25, 0.3) is 44.7 Å². The second-order valence-corrected chi connectivity index (χ2v) is 50.8. The number of benzene rings is 3. The Kier molecular flexibility index (Phi) is 34.5. The van der Waals surface area contributed by atoms with Gasteiger partial charge in [-0.25, -0.2) is 33.6 Å². The molecule has 4 saturated heterocycles. The summed E-state index contributed by atoms with van der Waals surface area (Å²) in [7, 11) is -20.7. The number of nitrogens with zero attached hydrogens (tertiary/aromatic N) is 18. The first-order chi connectivity index (χ1) is 67.4. The highest BCUT2D eigenvalue weighted by molar-refractivity contribution is 7.66. The number of imidazole rings is 4. The zero-order valence-corrected chi connectivity index (χ0v) is 86.0. The molecule has 11 aromatic rings. The highest BCUT2D eigenvalue weighted by Gasteiger charge is 2.49. The number of rotatable bonds is 33. The minimum absolute atomic E-state index is 0.00500. The zero-order valence-electron chi connectivity index (χ0n) is 81.4. The van der Waals surface area contributed by atoms with Crippen LogP contribution in [0.3, 0.4) is 0 Å². The summed E-state index contributed by atoms with van der Waals surface area (Å²) >= 11 is 0. The number of nitro benzene ring substituents is 3. The number of nitro groups is 3. The Morgan fingerprint density at radius 1 is 0.507 bits per heavy atom. The molecule has 55 nitrogen and oxygen atoms in total. The Morgan fingerprint density at radius 2 is 0.847 bits per heavy atom. The van der Waals surface area contributed by atoms with E-state index in [4.69, 9.17) is 57.5 Å². The molecule has 17 atom stereocenters. The number of aromatic nitrogens is 16. The molecule has 13 N–H and O–H groups in total. The fraction of sp³-hybridized carbons (Fsp3) is 0.512. The Morgan fingerprint density at radius 3 is 1.20 bits per heavy atom. The number of hydrogen-bond acceptors (Lipinski definition) is 40. The normalized spacial score (nSPS) is 21.8. The standard InChI is InChI=1S/C27H38N6O6Si.C20H22N6O7.C19H31N5O4Si.C18H23N6O15P3/c1-9-20-21(39-40(7,8)27(4,5)6)14-22(38-20)32-15-28-23-24(32)30-26(29-17(3)34)31-25(23)37-16(2)18-12-10-11-13-19(18)33(35)36;1-10(12-5-3-4-6-13(12)26(30)31)32-19-17-18(23-20(24-19)22-11(2)28)25(9-21-17)16-7-14(29)15(8-27)33-16;1-8-12-13(28-29(6,7)19(3,4)5)9-14(27-12)24-10-20-15-16(24)22-18(21-11(2)25)23-17(15)26;1-9(10-4-2-3-5-11(10)24(26)27)36-17-15-16(21-18(19)22-17)23(8-20-15)14-6-12(25)13(37-14)7-35-41(31,32)39-42(33,34)38-40(28,29)30/h10-13,15-16,20-22H,9,14H2,1-8H3,(H,29,30,31,34);3-6,9-10,14-16,27,29H,7-8H2,1-2H3,(H,22,23,24,28);10,12-14H,8-9H2,1-7H3,(H2,21,22,23,25,26);2-5,8-9,12-14,25H,6-7H2,1H3,(H,31,32)(H,33,34)(H2,19,21,22)(H2,28,29,30)/t16?,20-,21-,22-;10?,14-,15-,16-;12-,13-,14-;9?,12-,13-,14-/m1111/s1. The van der Waals surface area contributed by atoms with Crippen molar-refractivity contribution in [1.82, 2.24) is 78.1 Å². The maximum absolute atomic E-state index is 12.3. The van der Waals surface area contributed by atoms with Crippen LogP contribution in [0.5, 0.6) is 17.6 Å². The number of carbonyl (C=O) groups is 3. The number of para-hydroxylation sites is 3. The molecule has 4 fully saturated rings. The minimum Gasteiger partial charge on any atom is -0.468 e. The van der Waals surface area contributed by atoms with Crippen LogP contribution in [0, 0.1) is 30.3 Å². The van der Waals surface area contributed by atoms with Crippen molar-refractivity contribution in [2.45, 2.75) is 264 Å². The van der Waals surface area contributed by atoms with Crippen molar-refractivity contribution < 1.29 is 133 Å². The van der Waals surface area contributed by atoms with E-state index in [1.165, 1.54) is 68.3 Å². The van der Waals surface area contributed by atoms with Crippen LogP contribution in [-0.4, -0.2) is 224 Å². The van der Waals surface area contributed by atoms with Crippen LogP contribution in [-0.2, 0) is 69.0 Å². The largest absolute Gasteiger partial charge is 0.490 e. The predicted octanol–water partition coefficient (Wildman–Crippen LogP) is 12.0. The van der Waals surface area contributed by atoms with Crippen molar-refractivity contribution in [3.05, 3.63) is 155 Å². The molecule has 60 heteroatoms. The molecule has 0 radical (unpaired) electrons. The maximum atomic E-state index is 12.3. The molecule has 3 amide bonds. The van der Waals surface area contributed by atoms with Gasteiger partial charge in [0.2, 0.25) is 59.2 Å². The molecule has 0 bridgehead atoms. The molecule has 0 spiro atoms. The average molecular weight is 2110 g/mol. The number of phosphoric ester groups is 1. The Bertz CT molecular complexity index is 6780. The second-order valence-electron chi connectivity index (χ2n) is 36.9. The molecule has 0 saturated carbocycles. The third-order valence-corrected chi connectivity index (χ3v) is 37.2. The van der Waals surface area contributed by atoms with Gasteiger partial charge in [0.05, 0.1) is 107 Å². The summed E-state index contributed by atoms with van der Waals surface area (Å²) in [6.45, 7) is 34.1. The fourth-order valence-electron chi connectivity index (χ4n) is 15.4. The number of anilines is 4. The lowest BCUT2D eigenvalue weighted by atomic mass is 10.1. The van der Waals surface area contributed by atoms with Gasteiger partial charge in [-0.2, -0.15) is 43.5 Å². The number of aromatic amines is 1. The molecule has 0 aliphatic carbocycles. The van der Waals surface area contributed by atoms with Gasteiger partial charge < -0.3 is 82.6 Å². The summed E-state index contributed by atoms with van der Waals surface area (Å²) in [5, 5.41) is 72.1. The molecule has 3 aromatic carbocycles. The lowest BCUT2D eigenvalue weighted by Gasteiger charge is -2.39. The van der Waals surface area contributed by atoms with Gasteiger partial charge >= 0.3 is 23.5 Å². The first-order valence-electron chi connectivity index (χ1n) is 45.1. The second kappa shape index (κ2) is 44.9. The molecule has 4 aliphatic heterocycles. The van der Waals surface area contributed by atoms with E-state index in [9.17, 15) is 88.3 Å². The molecule has 8 aromatic heterocycles. The highest BCUT2D eigenvalue weighted by Crippen LogP contribution is 2.66. The average Bonchev–Trinajstić information content (AvgIpc) is 1.62.